The van der Waals surface area contributed by atoms with Crippen molar-refractivity contribution in [3.05, 3.63) is 41.8 Å². The van der Waals surface area contributed by atoms with Gasteiger partial charge in [-0.3, -0.25) is 4.79 Å². The number of amides is 1. The SMILES string of the molecule is O=C(CCc1nc2ccccc2[nH]1)NCc1nc(C2CCOCC2)no1. The van der Waals surface area contributed by atoms with Crippen LogP contribution in [0, 0.1) is 0 Å². The van der Waals surface area contributed by atoms with Crippen molar-refractivity contribution in [3.63, 3.8) is 0 Å². The van der Waals surface area contributed by atoms with Crippen molar-refractivity contribution in [2.24, 2.45) is 0 Å². The fraction of sp³-hybridized carbons (Fsp3) is 0.444. The number of hydrogen-bond donors (Lipinski definition) is 2. The number of para-hydroxylation sites is 2. The molecule has 0 radical (unpaired) electrons. The smallest absolute Gasteiger partial charge is 0.246 e. The Balaban J connectivity index is 1.25. The van der Waals surface area contributed by atoms with Crippen LogP contribution in [0.4, 0.5) is 0 Å². The molecular weight excluding hydrogens is 334 g/mol. The standard InChI is InChI=1S/C18H21N5O3/c24-16(6-5-15-20-13-3-1-2-4-14(13)21-15)19-11-17-22-18(23-26-17)12-7-9-25-10-8-12/h1-4,12H,5-11H2,(H,19,24)(H,20,21). The first kappa shape index (κ1) is 16.7. The van der Waals surface area contributed by atoms with Crippen molar-refractivity contribution in [1.29, 1.82) is 0 Å². The number of hydrogen-bond acceptors (Lipinski definition) is 6. The molecule has 3 aromatic rings. The Hall–Kier alpha value is -2.74. The number of ether oxygens (including phenoxy) is 1. The third-order valence-electron chi connectivity index (χ3n) is 4.53. The summed E-state index contributed by atoms with van der Waals surface area (Å²) < 4.78 is 10.6. The average Bonchev–Trinajstić information content (AvgIpc) is 3.32. The number of aromatic amines is 1. The van der Waals surface area contributed by atoms with Crippen LogP contribution in [0.15, 0.2) is 28.8 Å². The third kappa shape index (κ3) is 3.91. The van der Waals surface area contributed by atoms with Gasteiger partial charge in [0.1, 0.15) is 5.82 Å². The summed E-state index contributed by atoms with van der Waals surface area (Å²) in [6, 6.07) is 7.81. The van der Waals surface area contributed by atoms with Crippen LogP contribution < -0.4 is 5.32 Å². The van der Waals surface area contributed by atoms with Crippen molar-refractivity contribution in [2.45, 2.75) is 38.1 Å². The lowest BCUT2D eigenvalue weighted by molar-refractivity contribution is -0.121. The van der Waals surface area contributed by atoms with Crippen LogP contribution >= 0.6 is 0 Å². The predicted molar refractivity (Wildman–Crippen MR) is 93.4 cm³/mol. The third-order valence-corrected chi connectivity index (χ3v) is 4.53. The first-order chi connectivity index (χ1) is 12.8. The Labute approximate surface area is 150 Å². The molecule has 8 nitrogen and oxygen atoms in total. The molecule has 1 aromatic carbocycles. The van der Waals surface area contributed by atoms with Gasteiger partial charge in [-0.1, -0.05) is 17.3 Å². The summed E-state index contributed by atoms with van der Waals surface area (Å²) in [6.07, 6.45) is 2.71. The average molecular weight is 355 g/mol. The maximum atomic E-state index is 12.1. The van der Waals surface area contributed by atoms with E-state index in [9.17, 15) is 4.79 Å². The highest BCUT2D eigenvalue weighted by atomic mass is 16.5. The lowest BCUT2D eigenvalue weighted by Gasteiger charge is -2.18. The van der Waals surface area contributed by atoms with E-state index in [2.05, 4.69) is 25.4 Å². The van der Waals surface area contributed by atoms with Crippen LogP contribution in [0.25, 0.3) is 11.0 Å². The summed E-state index contributed by atoms with van der Waals surface area (Å²) in [5.41, 5.74) is 1.89. The van der Waals surface area contributed by atoms with Gasteiger partial charge in [-0.05, 0) is 25.0 Å². The molecule has 0 unspecified atom stereocenters. The molecule has 1 amide bonds. The molecule has 1 fully saturated rings. The van der Waals surface area contributed by atoms with Crippen molar-refractivity contribution < 1.29 is 14.1 Å². The molecule has 1 aliphatic rings. The maximum Gasteiger partial charge on any atom is 0.246 e. The van der Waals surface area contributed by atoms with Gasteiger partial charge in [-0.2, -0.15) is 4.98 Å². The largest absolute Gasteiger partial charge is 0.381 e. The molecule has 0 saturated carbocycles. The number of carbonyl (C=O) groups is 1. The van der Waals surface area contributed by atoms with Crippen molar-refractivity contribution in [2.75, 3.05) is 13.2 Å². The molecule has 2 N–H and O–H groups in total. The van der Waals surface area contributed by atoms with E-state index in [-0.39, 0.29) is 18.4 Å². The zero-order chi connectivity index (χ0) is 17.8. The van der Waals surface area contributed by atoms with Crippen molar-refractivity contribution in [1.82, 2.24) is 25.4 Å². The van der Waals surface area contributed by atoms with Crippen LogP contribution in [0.5, 0.6) is 0 Å². The molecule has 2 aromatic heterocycles. The number of aryl methyl sites for hydroxylation is 1. The van der Waals surface area contributed by atoms with Gasteiger partial charge in [0.25, 0.3) is 0 Å². The summed E-state index contributed by atoms with van der Waals surface area (Å²) >= 11 is 0. The number of nitrogens with one attached hydrogen (secondary N) is 2. The predicted octanol–water partition coefficient (Wildman–Crippen LogP) is 2.09. The minimum atomic E-state index is -0.0729. The van der Waals surface area contributed by atoms with E-state index >= 15 is 0 Å². The summed E-state index contributed by atoms with van der Waals surface area (Å²) in [7, 11) is 0. The number of aromatic nitrogens is 4. The molecule has 0 spiro atoms. The number of fused-ring (bicyclic) bond motifs is 1. The van der Waals surface area contributed by atoms with Gasteiger partial charge in [0.15, 0.2) is 5.82 Å². The molecule has 26 heavy (non-hydrogen) atoms. The van der Waals surface area contributed by atoms with E-state index in [4.69, 9.17) is 9.26 Å². The summed E-state index contributed by atoms with van der Waals surface area (Å²) in [4.78, 5) is 24.1. The molecule has 136 valence electrons. The topological polar surface area (TPSA) is 106 Å². The van der Waals surface area contributed by atoms with Gasteiger partial charge in [0.05, 0.1) is 17.6 Å². The zero-order valence-electron chi connectivity index (χ0n) is 14.4. The summed E-state index contributed by atoms with van der Waals surface area (Å²) in [5, 5.41) is 6.85. The van der Waals surface area contributed by atoms with Gasteiger partial charge in [0, 0.05) is 32.0 Å². The Morgan fingerprint density at radius 1 is 1.23 bits per heavy atom. The molecule has 0 atom stereocenters. The normalized spacial score (nSPS) is 15.4. The molecule has 1 aliphatic heterocycles. The van der Waals surface area contributed by atoms with Crippen LogP contribution in [-0.2, 0) is 22.5 Å². The molecule has 4 rings (SSSR count). The van der Waals surface area contributed by atoms with Gasteiger partial charge in [-0.25, -0.2) is 4.98 Å². The first-order valence-electron chi connectivity index (χ1n) is 8.88. The van der Waals surface area contributed by atoms with Gasteiger partial charge in [-0.15, -0.1) is 0 Å². The molecule has 1 saturated heterocycles. The van der Waals surface area contributed by atoms with Crippen LogP contribution in [-0.4, -0.2) is 39.2 Å². The number of H-pyrrole nitrogens is 1. The van der Waals surface area contributed by atoms with Crippen LogP contribution in [0.1, 0.15) is 42.7 Å². The number of imidazole rings is 1. The molecule has 3 heterocycles. The Morgan fingerprint density at radius 3 is 2.92 bits per heavy atom. The van der Waals surface area contributed by atoms with Crippen LogP contribution in [0.3, 0.4) is 0 Å². The lowest BCUT2D eigenvalue weighted by Crippen LogP contribution is -2.23. The number of benzene rings is 1. The minimum Gasteiger partial charge on any atom is -0.381 e. The lowest BCUT2D eigenvalue weighted by atomic mass is 10.00. The molecule has 8 heteroatoms. The second-order valence-electron chi connectivity index (χ2n) is 6.41. The van der Waals surface area contributed by atoms with E-state index < -0.39 is 0 Å². The van der Waals surface area contributed by atoms with E-state index in [1.165, 1.54) is 0 Å². The van der Waals surface area contributed by atoms with Crippen molar-refractivity contribution >= 4 is 16.9 Å². The fourth-order valence-electron chi connectivity index (χ4n) is 3.08. The van der Waals surface area contributed by atoms with Crippen LogP contribution in [0.2, 0.25) is 0 Å². The Kier molecular flexibility index (Phi) is 4.92. The van der Waals surface area contributed by atoms with Gasteiger partial charge in [0.2, 0.25) is 11.8 Å². The van der Waals surface area contributed by atoms with Gasteiger partial charge >= 0.3 is 0 Å². The Bertz CT molecular complexity index is 849. The zero-order valence-corrected chi connectivity index (χ0v) is 14.4. The highest BCUT2D eigenvalue weighted by molar-refractivity contribution is 5.77. The summed E-state index contributed by atoms with van der Waals surface area (Å²) in [6.45, 7) is 1.70. The number of nitrogens with zero attached hydrogens (tertiary/aromatic N) is 3. The first-order valence-corrected chi connectivity index (χ1v) is 8.88. The minimum absolute atomic E-state index is 0.0729. The van der Waals surface area contributed by atoms with E-state index in [0.29, 0.717) is 24.6 Å². The van der Waals surface area contributed by atoms with E-state index in [0.717, 1.165) is 42.9 Å². The number of rotatable bonds is 6. The second kappa shape index (κ2) is 7.65. The van der Waals surface area contributed by atoms with Gasteiger partial charge < -0.3 is 19.6 Å². The molecular formula is C18H21N5O3. The van der Waals surface area contributed by atoms with E-state index in [1.807, 2.05) is 24.3 Å². The maximum absolute atomic E-state index is 12.1. The quantitative estimate of drug-likeness (QED) is 0.701. The second-order valence-corrected chi connectivity index (χ2v) is 6.41. The fourth-order valence-corrected chi connectivity index (χ4v) is 3.08. The molecule has 0 aliphatic carbocycles. The van der Waals surface area contributed by atoms with Crippen molar-refractivity contribution in [3.8, 4) is 0 Å². The highest BCUT2D eigenvalue weighted by Crippen LogP contribution is 2.24. The molecule has 0 bridgehead atoms. The highest BCUT2D eigenvalue weighted by Gasteiger charge is 2.21. The Morgan fingerprint density at radius 2 is 2.08 bits per heavy atom. The van der Waals surface area contributed by atoms with E-state index in [1.54, 1.807) is 0 Å². The number of carbonyl (C=O) groups excluding carboxylic acids is 1. The monoisotopic (exact) mass is 355 g/mol. The summed E-state index contributed by atoms with van der Waals surface area (Å²) in [5.74, 6) is 2.16.